The van der Waals surface area contributed by atoms with Gasteiger partial charge in [0, 0.05) is 4.47 Å². The lowest BCUT2D eigenvalue weighted by Crippen LogP contribution is -2.04. The quantitative estimate of drug-likeness (QED) is 0.862. The van der Waals surface area contributed by atoms with Gasteiger partial charge >= 0.3 is 0 Å². The van der Waals surface area contributed by atoms with Gasteiger partial charge in [-0.15, -0.1) is 0 Å². The van der Waals surface area contributed by atoms with Crippen LogP contribution in [-0.4, -0.2) is 0 Å². The highest BCUT2D eigenvalue weighted by atomic mass is 79.9. The Kier molecular flexibility index (Phi) is 3.69. The summed E-state index contributed by atoms with van der Waals surface area (Å²) in [6, 6.07) is 15.7. The van der Waals surface area contributed by atoms with Crippen LogP contribution in [0.2, 0.25) is 0 Å². The van der Waals surface area contributed by atoms with Crippen LogP contribution in [-0.2, 0) is 0 Å². The van der Waals surface area contributed by atoms with Gasteiger partial charge in [-0.05, 0) is 30.7 Å². The summed E-state index contributed by atoms with van der Waals surface area (Å²) in [6.07, 6.45) is -0.0206. The summed E-state index contributed by atoms with van der Waals surface area (Å²) in [5.41, 5.74) is 7.65. The van der Waals surface area contributed by atoms with Crippen LogP contribution >= 0.6 is 15.9 Å². The second kappa shape index (κ2) is 5.23. The largest absolute Gasteiger partial charge is 0.484 e. The summed E-state index contributed by atoms with van der Waals surface area (Å²) in [7, 11) is 0. The van der Waals surface area contributed by atoms with Crippen molar-refractivity contribution in [2.45, 2.75) is 13.0 Å². The molecule has 3 heteroatoms. The molecule has 0 radical (unpaired) electrons. The molecule has 2 N–H and O–H groups in total. The molecule has 0 saturated heterocycles. The van der Waals surface area contributed by atoms with Crippen LogP contribution in [0.25, 0.3) is 0 Å². The molecule has 2 aromatic carbocycles. The molecule has 1 atom stereocenters. The van der Waals surface area contributed by atoms with Crippen molar-refractivity contribution in [1.82, 2.24) is 0 Å². The van der Waals surface area contributed by atoms with Crippen LogP contribution in [0.3, 0.4) is 0 Å². The van der Waals surface area contributed by atoms with Gasteiger partial charge in [-0.3, -0.25) is 0 Å². The smallest absolute Gasteiger partial charge is 0.144 e. The first-order valence-electron chi connectivity index (χ1n) is 5.43. The molecule has 0 spiro atoms. The highest BCUT2D eigenvalue weighted by Crippen LogP contribution is 2.29. The van der Waals surface area contributed by atoms with Gasteiger partial charge in [0.2, 0.25) is 0 Å². The average Bonchev–Trinajstić information content (AvgIpc) is 2.35. The summed E-state index contributed by atoms with van der Waals surface area (Å²) >= 11 is 3.41. The van der Waals surface area contributed by atoms with Crippen LogP contribution in [0.1, 0.15) is 18.6 Å². The van der Waals surface area contributed by atoms with Crippen molar-refractivity contribution in [3.05, 3.63) is 58.6 Å². The number of nitrogen functional groups attached to an aromatic ring is 1. The summed E-state index contributed by atoms with van der Waals surface area (Å²) in [4.78, 5) is 0. The Morgan fingerprint density at radius 2 is 1.82 bits per heavy atom. The lowest BCUT2D eigenvalue weighted by atomic mass is 10.1. The van der Waals surface area contributed by atoms with E-state index in [4.69, 9.17) is 10.5 Å². The molecular formula is C14H14BrNO. The Balaban J connectivity index is 2.18. The predicted octanol–water partition coefficient (Wildman–Crippen LogP) is 4.17. The highest BCUT2D eigenvalue weighted by molar-refractivity contribution is 9.10. The van der Waals surface area contributed by atoms with Crippen molar-refractivity contribution in [1.29, 1.82) is 0 Å². The monoisotopic (exact) mass is 291 g/mol. The number of hydrogen-bond donors (Lipinski definition) is 1. The van der Waals surface area contributed by atoms with Crippen molar-refractivity contribution in [2.75, 3.05) is 5.73 Å². The van der Waals surface area contributed by atoms with Gasteiger partial charge in [0.1, 0.15) is 11.9 Å². The fourth-order valence-corrected chi connectivity index (χ4v) is 1.93. The number of halogens is 1. The number of ether oxygens (including phenoxy) is 1. The standard InChI is InChI=1S/C14H14BrNO/c1-10(11-5-3-2-4-6-11)17-14-9-12(15)7-8-13(14)16/h2-10H,16H2,1H3. The van der Waals surface area contributed by atoms with Crippen molar-refractivity contribution in [2.24, 2.45) is 0 Å². The normalized spacial score (nSPS) is 12.1. The number of hydrogen-bond acceptors (Lipinski definition) is 2. The van der Waals surface area contributed by atoms with Crippen LogP contribution in [0, 0.1) is 0 Å². The maximum Gasteiger partial charge on any atom is 0.144 e. The maximum atomic E-state index is 5.87. The summed E-state index contributed by atoms with van der Waals surface area (Å²) in [5.74, 6) is 0.704. The van der Waals surface area contributed by atoms with Gasteiger partial charge in [0.25, 0.3) is 0 Å². The van der Waals surface area contributed by atoms with E-state index in [2.05, 4.69) is 15.9 Å². The van der Waals surface area contributed by atoms with E-state index in [-0.39, 0.29) is 6.10 Å². The minimum atomic E-state index is -0.0206. The molecule has 0 aliphatic heterocycles. The van der Waals surface area contributed by atoms with Gasteiger partial charge in [0.05, 0.1) is 5.69 Å². The third kappa shape index (κ3) is 3.01. The molecular weight excluding hydrogens is 278 g/mol. The lowest BCUT2D eigenvalue weighted by Gasteiger charge is -2.16. The van der Waals surface area contributed by atoms with Gasteiger partial charge < -0.3 is 10.5 Å². The third-order valence-corrected chi connectivity index (χ3v) is 3.04. The second-order valence-corrected chi connectivity index (χ2v) is 4.77. The third-order valence-electron chi connectivity index (χ3n) is 2.55. The fraction of sp³-hybridized carbons (Fsp3) is 0.143. The van der Waals surface area contributed by atoms with E-state index in [1.54, 1.807) is 0 Å². The summed E-state index contributed by atoms with van der Waals surface area (Å²) in [6.45, 7) is 2.01. The number of anilines is 1. The summed E-state index contributed by atoms with van der Waals surface area (Å²) < 4.78 is 6.82. The van der Waals surface area contributed by atoms with E-state index in [0.717, 1.165) is 10.0 Å². The van der Waals surface area contributed by atoms with E-state index in [0.29, 0.717) is 11.4 Å². The zero-order valence-corrected chi connectivity index (χ0v) is 11.1. The minimum absolute atomic E-state index is 0.0206. The number of nitrogens with two attached hydrogens (primary N) is 1. The Hall–Kier alpha value is -1.48. The van der Waals surface area contributed by atoms with E-state index >= 15 is 0 Å². The van der Waals surface area contributed by atoms with Gasteiger partial charge in [0.15, 0.2) is 0 Å². The Bertz CT molecular complexity index is 499. The van der Waals surface area contributed by atoms with E-state index in [9.17, 15) is 0 Å². The van der Waals surface area contributed by atoms with Crippen LogP contribution in [0.4, 0.5) is 5.69 Å². The predicted molar refractivity (Wildman–Crippen MR) is 74.0 cm³/mol. The van der Waals surface area contributed by atoms with Gasteiger partial charge in [-0.25, -0.2) is 0 Å². The summed E-state index contributed by atoms with van der Waals surface area (Å²) in [5, 5.41) is 0. The maximum absolute atomic E-state index is 5.87. The second-order valence-electron chi connectivity index (χ2n) is 3.85. The number of benzene rings is 2. The highest BCUT2D eigenvalue weighted by Gasteiger charge is 2.09. The molecule has 2 nitrogen and oxygen atoms in total. The molecule has 2 rings (SSSR count). The zero-order valence-electron chi connectivity index (χ0n) is 9.56. The molecule has 0 saturated carbocycles. The minimum Gasteiger partial charge on any atom is -0.484 e. The van der Waals surface area contributed by atoms with Crippen LogP contribution < -0.4 is 10.5 Å². The Labute approximate surface area is 110 Å². The van der Waals surface area contributed by atoms with Crippen molar-refractivity contribution < 1.29 is 4.74 Å². The molecule has 0 aliphatic rings. The fourth-order valence-electron chi connectivity index (χ4n) is 1.59. The molecule has 17 heavy (non-hydrogen) atoms. The molecule has 0 fully saturated rings. The molecule has 1 unspecified atom stereocenters. The molecule has 2 aromatic rings. The number of rotatable bonds is 3. The van der Waals surface area contributed by atoms with Crippen LogP contribution in [0.15, 0.2) is 53.0 Å². The van der Waals surface area contributed by atoms with E-state index in [1.165, 1.54) is 0 Å². The van der Waals surface area contributed by atoms with Crippen molar-refractivity contribution in [3.63, 3.8) is 0 Å². The van der Waals surface area contributed by atoms with Crippen LogP contribution in [0.5, 0.6) is 5.75 Å². The van der Waals surface area contributed by atoms with Gasteiger partial charge in [-0.2, -0.15) is 0 Å². The van der Waals surface area contributed by atoms with Gasteiger partial charge in [-0.1, -0.05) is 46.3 Å². The molecule has 0 aliphatic carbocycles. The Morgan fingerprint density at radius 1 is 1.12 bits per heavy atom. The van der Waals surface area contributed by atoms with Crippen molar-refractivity contribution >= 4 is 21.6 Å². The molecule has 0 heterocycles. The average molecular weight is 292 g/mol. The van der Waals surface area contributed by atoms with E-state index in [1.807, 2.05) is 55.5 Å². The lowest BCUT2D eigenvalue weighted by molar-refractivity contribution is 0.228. The molecule has 0 amide bonds. The topological polar surface area (TPSA) is 35.2 Å². The molecule has 0 aromatic heterocycles. The van der Waals surface area contributed by atoms with Crippen molar-refractivity contribution in [3.8, 4) is 5.75 Å². The van der Waals surface area contributed by atoms with E-state index < -0.39 is 0 Å². The first kappa shape index (κ1) is 12.0. The molecule has 0 bridgehead atoms. The first-order valence-corrected chi connectivity index (χ1v) is 6.23. The Morgan fingerprint density at radius 3 is 2.53 bits per heavy atom. The SMILES string of the molecule is CC(Oc1cc(Br)ccc1N)c1ccccc1. The zero-order chi connectivity index (χ0) is 12.3. The molecule has 88 valence electrons. The first-order chi connectivity index (χ1) is 8.16.